The number of piperidine rings is 1. The largest absolute Gasteiger partial charge is 0.298 e. The Balaban J connectivity index is 1.78. The highest BCUT2D eigenvalue weighted by atomic mass is 32.2. The summed E-state index contributed by atoms with van der Waals surface area (Å²) in [6.07, 6.45) is 4.03. The fourth-order valence-corrected chi connectivity index (χ4v) is 2.67. The molecule has 1 unspecified atom stereocenters. The predicted octanol–water partition coefficient (Wildman–Crippen LogP) is 1.72. The van der Waals surface area contributed by atoms with Gasteiger partial charge in [0.2, 0.25) is 0 Å². The van der Waals surface area contributed by atoms with Gasteiger partial charge in [-0.25, -0.2) is 5.01 Å². The van der Waals surface area contributed by atoms with E-state index in [1.54, 1.807) is 0 Å². The summed E-state index contributed by atoms with van der Waals surface area (Å²) >= 11 is 1.86. The van der Waals surface area contributed by atoms with Gasteiger partial charge < -0.3 is 0 Å². The smallest absolute Gasteiger partial charge is 0.171 e. The predicted molar refractivity (Wildman–Crippen MR) is 62.5 cm³/mol. The van der Waals surface area contributed by atoms with Crippen LogP contribution in [0.1, 0.15) is 26.2 Å². The number of nitrogens with zero attached hydrogens (tertiary/aromatic N) is 2. The van der Waals surface area contributed by atoms with E-state index in [4.69, 9.17) is 0 Å². The van der Waals surface area contributed by atoms with Gasteiger partial charge >= 0.3 is 0 Å². The maximum absolute atomic E-state index is 4.53. The fraction of sp³-hybridized carbons (Fsp3) is 0.900. The first kappa shape index (κ1) is 10.3. The highest BCUT2D eigenvalue weighted by Crippen LogP contribution is 2.16. The van der Waals surface area contributed by atoms with E-state index >= 15 is 0 Å². The molecule has 2 heterocycles. The normalized spacial score (nSPS) is 29.8. The number of aliphatic imine (C=N–C) groups is 1. The molecule has 2 rings (SSSR count). The zero-order valence-corrected chi connectivity index (χ0v) is 9.65. The molecule has 0 spiro atoms. The Hall–Kier alpha value is -0.220. The van der Waals surface area contributed by atoms with Crippen LogP contribution in [0.5, 0.6) is 0 Å². The molecule has 0 aromatic rings. The minimum Gasteiger partial charge on any atom is -0.298 e. The van der Waals surface area contributed by atoms with Crippen LogP contribution in [0.4, 0.5) is 0 Å². The molecule has 0 radical (unpaired) electrons. The van der Waals surface area contributed by atoms with Crippen LogP contribution < -0.4 is 5.43 Å². The van der Waals surface area contributed by atoms with Crippen molar-refractivity contribution < 1.29 is 0 Å². The van der Waals surface area contributed by atoms with Crippen molar-refractivity contribution in [3.05, 3.63) is 0 Å². The Morgan fingerprint density at radius 2 is 2.14 bits per heavy atom. The van der Waals surface area contributed by atoms with Crippen molar-refractivity contribution in [3.8, 4) is 0 Å². The van der Waals surface area contributed by atoms with Crippen LogP contribution in [0.15, 0.2) is 4.99 Å². The highest BCUT2D eigenvalue weighted by Gasteiger charge is 2.15. The third kappa shape index (κ3) is 2.89. The minimum atomic E-state index is 0.743. The van der Waals surface area contributed by atoms with Crippen LogP contribution in [-0.4, -0.2) is 35.6 Å². The first-order chi connectivity index (χ1) is 6.84. The van der Waals surface area contributed by atoms with Gasteiger partial charge in [0.25, 0.3) is 0 Å². The Labute approximate surface area is 90.3 Å². The summed E-state index contributed by atoms with van der Waals surface area (Å²) in [7, 11) is 0. The molecular weight excluding hydrogens is 194 g/mol. The van der Waals surface area contributed by atoms with E-state index in [-0.39, 0.29) is 0 Å². The molecule has 80 valence electrons. The van der Waals surface area contributed by atoms with E-state index in [9.17, 15) is 0 Å². The number of rotatable bonds is 1. The zero-order valence-electron chi connectivity index (χ0n) is 8.83. The van der Waals surface area contributed by atoms with Crippen molar-refractivity contribution in [1.82, 2.24) is 10.4 Å². The lowest BCUT2D eigenvalue weighted by Gasteiger charge is -2.29. The monoisotopic (exact) mass is 213 g/mol. The molecule has 0 aromatic carbocycles. The maximum Gasteiger partial charge on any atom is 0.171 e. The van der Waals surface area contributed by atoms with E-state index in [1.807, 2.05) is 11.8 Å². The summed E-state index contributed by atoms with van der Waals surface area (Å²) in [5, 5.41) is 3.44. The summed E-state index contributed by atoms with van der Waals surface area (Å²) < 4.78 is 0. The lowest BCUT2D eigenvalue weighted by atomic mass is 10.2. The topological polar surface area (TPSA) is 27.6 Å². The van der Waals surface area contributed by atoms with Crippen molar-refractivity contribution in [2.45, 2.75) is 26.2 Å². The third-order valence-electron chi connectivity index (χ3n) is 2.66. The molecule has 14 heavy (non-hydrogen) atoms. The molecule has 1 saturated heterocycles. The zero-order chi connectivity index (χ0) is 9.80. The SMILES string of the molecule is CC1CN=C(NN2CCCCC2)SC1. The second-order valence-corrected chi connectivity index (χ2v) is 5.23. The number of hydrogen-bond donors (Lipinski definition) is 1. The van der Waals surface area contributed by atoms with Gasteiger partial charge in [0.15, 0.2) is 5.17 Å². The van der Waals surface area contributed by atoms with Crippen molar-refractivity contribution in [2.75, 3.05) is 25.4 Å². The van der Waals surface area contributed by atoms with E-state index < -0.39 is 0 Å². The van der Waals surface area contributed by atoms with Crippen LogP contribution in [0.2, 0.25) is 0 Å². The maximum atomic E-state index is 4.53. The third-order valence-corrected chi connectivity index (χ3v) is 3.89. The van der Waals surface area contributed by atoms with Gasteiger partial charge in [-0.1, -0.05) is 25.1 Å². The summed E-state index contributed by atoms with van der Waals surface area (Å²) in [4.78, 5) is 4.53. The standard InChI is InChI=1S/C10H19N3S/c1-9-7-11-10(14-8-9)12-13-5-3-2-4-6-13/h9H,2-8H2,1H3,(H,11,12). The van der Waals surface area contributed by atoms with E-state index in [0.29, 0.717) is 0 Å². The molecular formula is C10H19N3S. The van der Waals surface area contributed by atoms with E-state index in [2.05, 4.69) is 22.4 Å². The average molecular weight is 213 g/mol. The first-order valence-corrected chi connectivity index (χ1v) is 6.52. The Morgan fingerprint density at radius 3 is 2.79 bits per heavy atom. The number of thioether (sulfide) groups is 1. The van der Waals surface area contributed by atoms with Crippen LogP contribution >= 0.6 is 11.8 Å². The average Bonchev–Trinajstić information content (AvgIpc) is 2.23. The van der Waals surface area contributed by atoms with Crippen LogP contribution in [-0.2, 0) is 0 Å². The first-order valence-electron chi connectivity index (χ1n) is 5.53. The lowest BCUT2D eigenvalue weighted by molar-refractivity contribution is 0.196. The van der Waals surface area contributed by atoms with Crippen molar-refractivity contribution in [3.63, 3.8) is 0 Å². The number of amidine groups is 1. The van der Waals surface area contributed by atoms with Crippen molar-refractivity contribution in [1.29, 1.82) is 0 Å². The second kappa shape index (κ2) is 5.03. The molecule has 2 aliphatic heterocycles. The highest BCUT2D eigenvalue weighted by molar-refractivity contribution is 8.13. The number of hydrogen-bond acceptors (Lipinski definition) is 4. The van der Waals surface area contributed by atoms with Gasteiger partial charge in [-0.05, 0) is 18.8 Å². The second-order valence-electron chi connectivity index (χ2n) is 4.22. The Kier molecular flexibility index (Phi) is 3.70. The Morgan fingerprint density at radius 1 is 1.36 bits per heavy atom. The molecule has 1 N–H and O–H groups in total. The Bertz CT molecular complexity index is 211. The molecule has 0 saturated carbocycles. The van der Waals surface area contributed by atoms with Gasteiger partial charge in [0.1, 0.15) is 0 Å². The van der Waals surface area contributed by atoms with Gasteiger partial charge in [-0.15, -0.1) is 0 Å². The van der Waals surface area contributed by atoms with Crippen LogP contribution in [0, 0.1) is 5.92 Å². The molecule has 0 aliphatic carbocycles. The minimum absolute atomic E-state index is 0.743. The van der Waals surface area contributed by atoms with Gasteiger partial charge in [0.05, 0.1) is 0 Å². The van der Waals surface area contributed by atoms with Crippen LogP contribution in [0.3, 0.4) is 0 Å². The van der Waals surface area contributed by atoms with Crippen molar-refractivity contribution >= 4 is 16.9 Å². The van der Waals surface area contributed by atoms with E-state index in [0.717, 1.165) is 17.6 Å². The summed E-state index contributed by atoms with van der Waals surface area (Å²) in [6, 6.07) is 0. The molecule has 3 nitrogen and oxygen atoms in total. The molecule has 4 heteroatoms. The van der Waals surface area contributed by atoms with Gasteiger partial charge in [-0.3, -0.25) is 10.4 Å². The quantitative estimate of drug-likeness (QED) is 0.718. The van der Waals surface area contributed by atoms with Crippen LogP contribution in [0.25, 0.3) is 0 Å². The number of nitrogens with one attached hydrogen (secondary N) is 1. The number of hydrazine groups is 1. The summed E-state index contributed by atoms with van der Waals surface area (Å²) in [5.74, 6) is 1.95. The lowest BCUT2D eigenvalue weighted by Crippen LogP contribution is -2.45. The van der Waals surface area contributed by atoms with E-state index in [1.165, 1.54) is 38.1 Å². The molecule has 0 aromatic heterocycles. The molecule has 0 bridgehead atoms. The summed E-state index contributed by atoms with van der Waals surface area (Å²) in [5.41, 5.74) is 3.42. The van der Waals surface area contributed by atoms with Gasteiger partial charge in [-0.2, -0.15) is 0 Å². The molecule has 2 aliphatic rings. The molecule has 1 atom stereocenters. The summed E-state index contributed by atoms with van der Waals surface area (Å²) in [6.45, 7) is 5.60. The van der Waals surface area contributed by atoms with Gasteiger partial charge in [0, 0.05) is 25.4 Å². The fourth-order valence-electron chi connectivity index (χ4n) is 1.77. The van der Waals surface area contributed by atoms with Crippen molar-refractivity contribution in [2.24, 2.45) is 10.9 Å². The molecule has 1 fully saturated rings. The molecule has 0 amide bonds.